The van der Waals surface area contributed by atoms with Crippen molar-refractivity contribution in [3.05, 3.63) is 32.8 Å². The Morgan fingerprint density at radius 1 is 1.33 bits per heavy atom. The van der Waals surface area contributed by atoms with Gasteiger partial charge in [0, 0.05) is 34.1 Å². The van der Waals surface area contributed by atoms with Crippen LogP contribution < -0.4 is 0 Å². The van der Waals surface area contributed by atoms with Crippen LogP contribution in [0.2, 0.25) is 0 Å². The Hall–Kier alpha value is -0.640. The molecule has 9 heteroatoms. The van der Waals surface area contributed by atoms with Crippen molar-refractivity contribution >= 4 is 43.4 Å². The van der Waals surface area contributed by atoms with Gasteiger partial charge in [0.2, 0.25) is 10.0 Å². The van der Waals surface area contributed by atoms with Crippen LogP contribution in [0.25, 0.3) is 0 Å². The van der Waals surface area contributed by atoms with Gasteiger partial charge in [-0.15, -0.1) is 0 Å². The Bertz CT molecular complexity index is 655. The molecular formula is C12H15BrN2O4S2. The van der Waals surface area contributed by atoms with Gasteiger partial charge in [-0.25, -0.2) is 8.42 Å². The zero-order chi connectivity index (χ0) is 15.8. The fourth-order valence-electron chi connectivity index (χ4n) is 2.31. The minimum atomic E-state index is -3.88. The average Bonchev–Trinajstić information content (AvgIpc) is 2.37. The number of halogens is 1. The van der Waals surface area contributed by atoms with E-state index in [4.69, 9.17) is 0 Å². The maximum absolute atomic E-state index is 12.7. The summed E-state index contributed by atoms with van der Waals surface area (Å²) in [6.45, 7) is 4.64. The van der Waals surface area contributed by atoms with E-state index in [1.807, 2.05) is 13.8 Å². The molecule has 1 fully saturated rings. The summed E-state index contributed by atoms with van der Waals surface area (Å²) in [7, 11) is -3.88. The van der Waals surface area contributed by atoms with Crippen molar-refractivity contribution in [2.75, 3.05) is 13.1 Å². The first-order chi connectivity index (χ1) is 9.71. The van der Waals surface area contributed by atoms with Crippen LogP contribution in [0.15, 0.2) is 27.6 Å². The molecule has 0 N–H and O–H groups in total. The van der Waals surface area contributed by atoms with E-state index in [0.29, 0.717) is 17.6 Å². The summed E-state index contributed by atoms with van der Waals surface area (Å²) >= 11 is 4.90. The number of rotatable bonds is 3. The lowest BCUT2D eigenvalue weighted by molar-refractivity contribution is -0.387. The summed E-state index contributed by atoms with van der Waals surface area (Å²) in [4.78, 5) is 10.2. The Morgan fingerprint density at radius 2 is 1.90 bits per heavy atom. The highest BCUT2D eigenvalue weighted by atomic mass is 79.9. The maximum atomic E-state index is 12.7. The van der Waals surface area contributed by atoms with Gasteiger partial charge in [-0.3, -0.25) is 10.1 Å². The molecular weight excluding hydrogens is 380 g/mol. The van der Waals surface area contributed by atoms with Crippen molar-refractivity contribution < 1.29 is 13.3 Å². The van der Waals surface area contributed by atoms with E-state index in [9.17, 15) is 18.5 Å². The van der Waals surface area contributed by atoms with E-state index in [0.717, 1.165) is 0 Å². The molecule has 0 amide bonds. The van der Waals surface area contributed by atoms with Crippen LogP contribution in [0.1, 0.15) is 13.8 Å². The third kappa shape index (κ3) is 3.58. The molecule has 2 rings (SSSR count). The van der Waals surface area contributed by atoms with Crippen molar-refractivity contribution in [3.63, 3.8) is 0 Å². The predicted octanol–water partition coefficient (Wildman–Crippen LogP) is 2.87. The molecule has 6 nitrogen and oxygen atoms in total. The van der Waals surface area contributed by atoms with E-state index in [1.165, 1.54) is 22.5 Å². The molecule has 0 bridgehead atoms. The van der Waals surface area contributed by atoms with Crippen molar-refractivity contribution in [1.82, 2.24) is 4.31 Å². The fourth-order valence-corrected chi connectivity index (χ4v) is 6.14. The Morgan fingerprint density at radius 3 is 2.43 bits per heavy atom. The van der Waals surface area contributed by atoms with Crippen molar-refractivity contribution in [3.8, 4) is 0 Å². The van der Waals surface area contributed by atoms with Crippen LogP contribution in [0.3, 0.4) is 0 Å². The molecule has 0 radical (unpaired) electrons. The Labute approximate surface area is 136 Å². The predicted molar refractivity (Wildman–Crippen MR) is 86.1 cm³/mol. The molecule has 2 unspecified atom stereocenters. The zero-order valence-corrected chi connectivity index (χ0v) is 14.7. The highest BCUT2D eigenvalue weighted by molar-refractivity contribution is 9.10. The summed E-state index contributed by atoms with van der Waals surface area (Å²) in [5.41, 5.74) is -0.392. The van der Waals surface area contributed by atoms with Gasteiger partial charge in [-0.2, -0.15) is 16.1 Å². The van der Waals surface area contributed by atoms with Gasteiger partial charge < -0.3 is 0 Å². The van der Waals surface area contributed by atoms with Gasteiger partial charge >= 0.3 is 0 Å². The van der Waals surface area contributed by atoms with E-state index < -0.39 is 20.6 Å². The highest BCUT2D eigenvalue weighted by Crippen LogP contribution is 2.33. The maximum Gasteiger partial charge on any atom is 0.289 e. The van der Waals surface area contributed by atoms with Crippen LogP contribution in [-0.4, -0.2) is 41.2 Å². The molecule has 1 aromatic carbocycles. The van der Waals surface area contributed by atoms with Gasteiger partial charge in [0.05, 0.1) is 4.92 Å². The lowest BCUT2D eigenvalue weighted by atomic mass is 10.3. The number of nitro benzene ring substituents is 1. The third-order valence-electron chi connectivity index (χ3n) is 3.12. The van der Waals surface area contributed by atoms with E-state index in [1.54, 1.807) is 11.8 Å². The Balaban J connectivity index is 2.49. The van der Waals surface area contributed by atoms with Gasteiger partial charge in [0.15, 0.2) is 4.90 Å². The molecule has 0 aliphatic carbocycles. The number of hydrogen-bond acceptors (Lipinski definition) is 5. The summed E-state index contributed by atoms with van der Waals surface area (Å²) in [6.07, 6.45) is 0. The molecule has 1 aromatic rings. The molecule has 1 saturated heterocycles. The SMILES string of the molecule is CC1CN(S(=O)(=O)c2cc(Br)ccc2[N+](=O)[O-])CC(C)S1. The van der Waals surface area contributed by atoms with Crippen LogP contribution in [0.4, 0.5) is 5.69 Å². The van der Waals surface area contributed by atoms with E-state index >= 15 is 0 Å². The third-order valence-corrected chi connectivity index (χ3v) is 6.70. The molecule has 0 spiro atoms. The van der Waals surface area contributed by atoms with Crippen LogP contribution in [0.5, 0.6) is 0 Å². The smallest absolute Gasteiger partial charge is 0.258 e. The zero-order valence-electron chi connectivity index (χ0n) is 11.5. The van der Waals surface area contributed by atoms with Crippen molar-refractivity contribution in [2.45, 2.75) is 29.2 Å². The van der Waals surface area contributed by atoms with Crippen LogP contribution in [-0.2, 0) is 10.0 Å². The standard InChI is InChI=1S/C12H15BrN2O4S2/c1-8-6-14(7-9(2)20-8)21(18,19)12-5-10(13)3-4-11(12)15(16)17/h3-5,8-9H,6-7H2,1-2H3. The quantitative estimate of drug-likeness (QED) is 0.581. The lowest BCUT2D eigenvalue weighted by Gasteiger charge is -2.33. The summed E-state index contributed by atoms with van der Waals surface area (Å²) in [5, 5.41) is 11.4. The molecule has 1 heterocycles. The number of nitrogens with zero attached hydrogens (tertiary/aromatic N) is 2. The first-order valence-electron chi connectivity index (χ1n) is 6.31. The van der Waals surface area contributed by atoms with Gasteiger partial charge in [0.25, 0.3) is 5.69 Å². The molecule has 116 valence electrons. The number of thioether (sulfide) groups is 1. The Kier molecular flexibility index (Phi) is 4.96. The minimum absolute atomic E-state index is 0.162. The monoisotopic (exact) mass is 394 g/mol. The van der Waals surface area contributed by atoms with Gasteiger partial charge in [-0.05, 0) is 12.1 Å². The molecule has 21 heavy (non-hydrogen) atoms. The summed E-state index contributed by atoms with van der Waals surface area (Å²) in [5.74, 6) is 0. The highest BCUT2D eigenvalue weighted by Gasteiger charge is 2.36. The number of sulfonamides is 1. The van der Waals surface area contributed by atoms with Gasteiger partial charge in [-0.1, -0.05) is 29.8 Å². The second-order valence-electron chi connectivity index (χ2n) is 4.95. The van der Waals surface area contributed by atoms with Crippen LogP contribution in [0, 0.1) is 10.1 Å². The van der Waals surface area contributed by atoms with Gasteiger partial charge in [0.1, 0.15) is 0 Å². The molecule has 2 atom stereocenters. The van der Waals surface area contributed by atoms with Crippen molar-refractivity contribution in [2.24, 2.45) is 0 Å². The first kappa shape index (κ1) is 16.7. The largest absolute Gasteiger partial charge is 0.289 e. The topological polar surface area (TPSA) is 80.5 Å². The number of hydrogen-bond donors (Lipinski definition) is 0. The lowest BCUT2D eigenvalue weighted by Crippen LogP contribution is -2.44. The number of benzene rings is 1. The van der Waals surface area contributed by atoms with Crippen LogP contribution >= 0.6 is 27.7 Å². The average molecular weight is 395 g/mol. The normalized spacial score (nSPS) is 24.0. The van der Waals surface area contributed by atoms with Crippen molar-refractivity contribution in [1.29, 1.82) is 0 Å². The molecule has 0 aromatic heterocycles. The number of nitro groups is 1. The molecule has 0 saturated carbocycles. The summed E-state index contributed by atoms with van der Waals surface area (Å²) in [6, 6.07) is 3.97. The minimum Gasteiger partial charge on any atom is -0.258 e. The fraction of sp³-hybridized carbons (Fsp3) is 0.500. The molecule has 1 aliphatic rings. The van der Waals surface area contributed by atoms with E-state index in [-0.39, 0.29) is 15.4 Å². The second kappa shape index (κ2) is 6.23. The summed E-state index contributed by atoms with van der Waals surface area (Å²) < 4.78 is 27.3. The molecule has 1 aliphatic heterocycles. The first-order valence-corrected chi connectivity index (χ1v) is 9.49. The van der Waals surface area contributed by atoms with E-state index in [2.05, 4.69) is 15.9 Å². The second-order valence-corrected chi connectivity index (χ2v) is 9.65.